The van der Waals surface area contributed by atoms with Gasteiger partial charge in [0.15, 0.2) is 0 Å². The maximum Gasteiger partial charge on any atom is 0.255 e. The third kappa shape index (κ3) is 3.21. The summed E-state index contributed by atoms with van der Waals surface area (Å²) >= 11 is 0. The van der Waals surface area contributed by atoms with Crippen LogP contribution >= 0.6 is 0 Å². The minimum Gasteiger partial charge on any atom is -0.364 e. The van der Waals surface area contributed by atoms with Crippen LogP contribution in [0.1, 0.15) is 34.5 Å². The topological polar surface area (TPSA) is 32.3 Å². The molecule has 1 unspecified atom stereocenters. The first-order chi connectivity index (χ1) is 12.7. The zero-order valence-electron chi connectivity index (χ0n) is 14.9. The Bertz CT molecular complexity index is 906. The Kier molecular flexibility index (Phi) is 4.44. The molecule has 0 aromatic heterocycles. The van der Waals surface area contributed by atoms with E-state index in [9.17, 15) is 4.79 Å². The highest BCUT2D eigenvalue weighted by molar-refractivity contribution is 6.04. The van der Waals surface area contributed by atoms with Crippen LogP contribution in [-0.2, 0) is 6.42 Å². The van der Waals surface area contributed by atoms with Crippen molar-refractivity contribution in [3.05, 3.63) is 95.6 Å². The lowest BCUT2D eigenvalue weighted by Gasteiger charge is -2.28. The maximum absolute atomic E-state index is 12.4. The molecular formula is C23H22N2O. The minimum absolute atomic E-state index is 0.0776. The monoisotopic (exact) mass is 342 g/mol. The quantitative estimate of drug-likeness (QED) is 0.718. The van der Waals surface area contributed by atoms with Gasteiger partial charge in [-0.2, -0.15) is 0 Å². The first-order valence-electron chi connectivity index (χ1n) is 9.03. The summed E-state index contributed by atoms with van der Waals surface area (Å²) in [5.74, 6) is -0.0776. The van der Waals surface area contributed by atoms with Crippen molar-refractivity contribution in [1.82, 2.24) is 0 Å². The Morgan fingerprint density at radius 3 is 2.38 bits per heavy atom. The minimum atomic E-state index is -0.0776. The van der Waals surface area contributed by atoms with Crippen molar-refractivity contribution in [2.45, 2.75) is 19.4 Å². The van der Waals surface area contributed by atoms with E-state index in [0.29, 0.717) is 11.6 Å². The third-order valence-corrected chi connectivity index (χ3v) is 5.06. The molecule has 1 aliphatic heterocycles. The summed E-state index contributed by atoms with van der Waals surface area (Å²) in [7, 11) is 0. The molecule has 0 saturated heterocycles. The largest absolute Gasteiger partial charge is 0.364 e. The summed E-state index contributed by atoms with van der Waals surface area (Å²) in [5, 5.41) is 3.02. The van der Waals surface area contributed by atoms with Gasteiger partial charge in [0.05, 0.1) is 6.04 Å². The molecule has 0 fully saturated rings. The summed E-state index contributed by atoms with van der Waals surface area (Å²) in [5.41, 5.74) is 5.36. The van der Waals surface area contributed by atoms with Gasteiger partial charge >= 0.3 is 0 Å². The highest BCUT2D eigenvalue weighted by Crippen LogP contribution is 2.36. The second-order valence-electron chi connectivity index (χ2n) is 6.69. The van der Waals surface area contributed by atoms with Crippen LogP contribution in [0.2, 0.25) is 0 Å². The predicted molar refractivity (Wildman–Crippen MR) is 107 cm³/mol. The molecule has 3 heteroatoms. The highest BCUT2D eigenvalue weighted by atomic mass is 16.1. The number of benzene rings is 3. The number of carbonyl (C=O) groups excluding carboxylic acids is 1. The van der Waals surface area contributed by atoms with Gasteiger partial charge in [0.25, 0.3) is 5.91 Å². The molecule has 1 atom stereocenters. The van der Waals surface area contributed by atoms with Gasteiger partial charge in [-0.3, -0.25) is 4.79 Å². The lowest BCUT2D eigenvalue weighted by atomic mass is 10.1. The molecule has 1 N–H and O–H groups in total. The van der Waals surface area contributed by atoms with E-state index in [1.165, 1.54) is 16.8 Å². The number of nitrogens with one attached hydrogen (secondary N) is 1. The third-order valence-electron chi connectivity index (χ3n) is 5.06. The average Bonchev–Trinajstić information content (AvgIpc) is 3.12. The van der Waals surface area contributed by atoms with Gasteiger partial charge in [-0.05, 0) is 48.7 Å². The van der Waals surface area contributed by atoms with Crippen molar-refractivity contribution in [2.24, 2.45) is 0 Å². The second-order valence-corrected chi connectivity index (χ2v) is 6.69. The summed E-state index contributed by atoms with van der Waals surface area (Å²) in [4.78, 5) is 14.8. The van der Waals surface area contributed by atoms with Gasteiger partial charge in [-0.15, -0.1) is 0 Å². The molecule has 130 valence electrons. The van der Waals surface area contributed by atoms with Crippen LogP contribution < -0.4 is 10.2 Å². The van der Waals surface area contributed by atoms with Crippen molar-refractivity contribution in [3.63, 3.8) is 0 Å². The highest BCUT2D eigenvalue weighted by Gasteiger charge is 2.24. The number of carbonyl (C=O) groups is 1. The molecule has 0 spiro atoms. The summed E-state index contributed by atoms with van der Waals surface area (Å²) in [6.45, 7) is 3.24. The summed E-state index contributed by atoms with van der Waals surface area (Å²) in [6, 6.07) is 26.4. The van der Waals surface area contributed by atoms with Crippen molar-refractivity contribution in [1.29, 1.82) is 0 Å². The van der Waals surface area contributed by atoms with Crippen molar-refractivity contribution >= 4 is 17.3 Å². The van der Waals surface area contributed by atoms with E-state index in [1.807, 2.05) is 42.5 Å². The van der Waals surface area contributed by atoms with Crippen molar-refractivity contribution in [2.75, 3.05) is 16.8 Å². The van der Waals surface area contributed by atoms with Crippen LogP contribution in [0.5, 0.6) is 0 Å². The van der Waals surface area contributed by atoms with Crippen LogP contribution in [0.4, 0.5) is 11.4 Å². The number of amides is 1. The molecule has 4 rings (SSSR count). The van der Waals surface area contributed by atoms with E-state index in [-0.39, 0.29) is 5.91 Å². The Morgan fingerprint density at radius 1 is 0.962 bits per heavy atom. The fourth-order valence-corrected chi connectivity index (χ4v) is 3.59. The number of anilines is 2. The van der Waals surface area contributed by atoms with Crippen LogP contribution in [0, 0.1) is 0 Å². The van der Waals surface area contributed by atoms with Gasteiger partial charge in [0.1, 0.15) is 0 Å². The SMILES string of the molecule is CC(c1ccccc1)N1CCc2ccc(NC(=O)c3ccccc3)cc21. The standard InChI is InChI=1S/C23H22N2O/c1-17(18-8-4-2-5-9-18)25-15-14-19-12-13-21(16-22(19)25)24-23(26)20-10-6-3-7-11-20/h2-13,16-17H,14-15H2,1H3,(H,24,26). The molecule has 0 radical (unpaired) electrons. The van der Waals surface area contributed by atoms with E-state index >= 15 is 0 Å². The first-order valence-corrected chi connectivity index (χ1v) is 9.03. The van der Waals surface area contributed by atoms with Crippen LogP contribution in [0.3, 0.4) is 0 Å². The second kappa shape index (κ2) is 7.04. The van der Waals surface area contributed by atoms with E-state index in [1.54, 1.807) is 0 Å². The molecule has 1 amide bonds. The Hall–Kier alpha value is -3.07. The zero-order chi connectivity index (χ0) is 17.9. The molecule has 3 aromatic rings. The van der Waals surface area contributed by atoms with Crippen LogP contribution in [0.25, 0.3) is 0 Å². The molecule has 0 saturated carbocycles. The number of rotatable bonds is 4. The number of nitrogens with zero attached hydrogens (tertiary/aromatic N) is 1. The lowest BCUT2D eigenvalue weighted by molar-refractivity contribution is 0.102. The molecule has 26 heavy (non-hydrogen) atoms. The van der Waals surface area contributed by atoms with Gasteiger partial charge in [0, 0.05) is 23.5 Å². The van der Waals surface area contributed by atoms with Crippen LogP contribution in [-0.4, -0.2) is 12.5 Å². The lowest BCUT2D eigenvalue weighted by Crippen LogP contribution is -2.24. The molecular weight excluding hydrogens is 320 g/mol. The Labute approximate surface area is 154 Å². The molecule has 3 aromatic carbocycles. The predicted octanol–water partition coefficient (Wildman–Crippen LogP) is 5.06. The van der Waals surface area contributed by atoms with Crippen molar-refractivity contribution < 1.29 is 4.79 Å². The van der Waals surface area contributed by atoms with E-state index in [0.717, 1.165) is 18.7 Å². The van der Waals surface area contributed by atoms with E-state index in [4.69, 9.17) is 0 Å². The Balaban J connectivity index is 1.57. The van der Waals surface area contributed by atoms with Gasteiger partial charge in [-0.1, -0.05) is 54.6 Å². The number of hydrogen-bond donors (Lipinski definition) is 1. The van der Waals surface area contributed by atoms with Gasteiger partial charge < -0.3 is 10.2 Å². The smallest absolute Gasteiger partial charge is 0.255 e. The zero-order valence-corrected chi connectivity index (χ0v) is 14.9. The fourth-order valence-electron chi connectivity index (χ4n) is 3.59. The Morgan fingerprint density at radius 2 is 1.65 bits per heavy atom. The molecule has 1 aliphatic rings. The molecule has 3 nitrogen and oxygen atoms in total. The van der Waals surface area contributed by atoms with E-state index < -0.39 is 0 Å². The number of fused-ring (bicyclic) bond motifs is 1. The first kappa shape index (κ1) is 16.4. The normalized spacial score (nSPS) is 14.0. The molecule has 1 heterocycles. The van der Waals surface area contributed by atoms with Crippen molar-refractivity contribution in [3.8, 4) is 0 Å². The van der Waals surface area contributed by atoms with Crippen LogP contribution in [0.15, 0.2) is 78.9 Å². The molecule has 0 aliphatic carbocycles. The number of hydrogen-bond acceptors (Lipinski definition) is 2. The van der Waals surface area contributed by atoms with Gasteiger partial charge in [0.2, 0.25) is 0 Å². The van der Waals surface area contributed by atoms with Gasteiger partial charge in [-0.25, -0.2) is 0 Å². The molecule has 0 bridgehead atoms. The summed E-state index contributed by atoms with van der Waals surface area (Å²) in [6.07, 6.45) is 1.04. The maximum atomic E-state index is 12.4. The van der Waals surface area contributed by atoms with E-state index in [2.05, 4.69) is 53.5 Å². The average molecular weight is 342 g/mol. The summed E-state index contributed by atoms with van der Waals surface area (Å²) < 4.78 is 0. The fraction of sp³-hybridized carbons (Fsp3) is 0.174.